The molecule has 0 bridgehead atoms. The van der Waals surface area contributed by atoms with E-state index >= 15 is 0 Å². The van der Waals surface area contributed by atoms with Crippen LogP contribution in [0.4, 0.5) is 10.5 Å². The number of imide groups is 1. The van der Waals surface area contributed by atoms with Crippen LogP contribution in [0.2, 0.25) is 0 Å². The number of rotatable bonds is 6. The van der Waals surface area contributed by atoms with Gasteiger partial charge >= 0.3 is 12.0 Å². The highest BCUT2D eigenvalue weighted by Gasteiger charge is 2.30. The predicted octanol–water partition coefficient (Wildman–Crippen LogP) is 4.02. The number of benzene rings is 2. The van der Waals surface area contributed by atoms with Crippen molar-refractivity contribution < 1.29 is 19.5 Å². The second-order valence-electron chi connectivity index (χ2n) is 7.22. The SMILES string of the molecule is CC(C)C[C@H](NC(=O)N(C(=O)c1cc2ccccc2[nH]1)c1ccccc1)C(=O)O. The van der Waals surface area contributed by atoms with Gasteiger partial charge in [0.15, 0.2) is 0 Å². The van der Waals surface area contributed by atoms with Crippen molar-refractivity contribution in [2.75, 3.05) is 4.90 Å². The van der Waals surface area contributed by atoms with Crippen LogP contribution in [-0.4, -0.2) is 34.0 Å². The molecule has 0 saturated carbocycles. The Morgan fingerprint density at radius 2 is 1.69 bits per heavy atom. The molecule has 2 aromatic carbocycles. The Bertz CT molecular complexity index is 994. The number of nitrogens with one attached hydrogen (secondary N) is 2. The molecular formula is C22H23N3O4. The number of aromatic nitrogens is 1. The number of carboxylic acid groups (broad SMARTS) is 1. The second-order valence-corrected chi connectivity index (χ2v) is 7.22. The highest BCUT2D eigenvalue weighted by molar-refractivity contribution is 6.21. The molecule has 7 heteroatoms. The summed E-state index contributed by atoms with van der Waals surface area (Å²) in [7, 11) is 0. The fourth-order valence-electron chi connectivity index (χ4n) is 3.12. The first-order valence-electron chi connectivity index (χ1n) is 9.37. The number of carbonyl (C=O) groups excluding carboxylic acids is 2. The molecule has 1 atom stereocenters. The minimum atomic E-state index is -1.14. The van der Waals surface area contributed by atoms with Crippen molar-refractivity contribution in [2.24, 2.45) is 5.92 Å². The Balaban J connectivity index is 1.95. The molecule has 0 fully saturated rings. The van der Waals surface area contributed by atoms with Crippen LogP contribution in [0.1, 0.15) is 30.8 Å². The van der Waals surface area contributed by atoms with Gasteiger partial charge in [-0.1, -0.05) is 50.2 Å². The van der Waals surface area contributed by atoms with Gasteiger partial charge in [-0.15, -0.1) is 0 Å². The third kappa shape index (κ3) is 4.63. The molecule has 0 aliphatic rings. The van der Waals surface area contributed by atoms with Gasteiger partial charge in [-0.25, -0.2) is 14.5 Å². The summed E-state index contributed by atoms with van der Waals surface area (Å²) in [5, 5.41) is 12.8. The van der Waals surface area contributed by atoms with Crippen LogP contribution in [0.25, 0.3) is 10.9 Å². The highest BCUT2D eigenvalue weighted by atomic mass is 16.4. The summed E-state index contributed by atoms with van der Waals surface area (Å²) in [5.41, 5.74) is 1.36. The Hall–Kier alpha value is -3.61. The van der Waals surface area contributed by atoms with Crippen LogP contribution in [0, 0.1) is 5.92 Å². The van der Waals surface area contributed by atoms with Crippen LogP contribution in [0.15, 0.2) is 60.7 Å². The number of aromatic amines is 1. The first kappa shape index (κ1) is 20.1. The van der Waals surface area contributed by atoms with Gasteiger partial charge in [-0.2, -0.15) is 0 Å². The number of aliphatic carboxylic acids is 1. The smallest absolute Gasteiger partial charge is 0.329 e. The van der Waals surface area contributed by atoms with Gasteiger partial charge in [0.25, 0.3) is 5.91 Å². The zero-order valence-electron chi connectivity index (χ0n) is 16.3. The zero-order valence-corrected chi connectivity index (χ0v) is 16.3. The summed E-state index contributed by atoms with van der Waals surface area (Å²) in [6.45, 7) is 3.74. The summed E-state index contributed by atoms with van der Waals surface area (Å²) < 4.78 is 0. The van der Waals surface area contributed by atoms with Crippen LogP contribution in [0.5, 0.6) is 0 Å². The van der Waals surface area contributed by atoms with Gasteiger partial charge < -0.3 is 15.4 Å². The number of carbonyl (C=O) groups is 3. The fraction of sp³-hybridized carbons (Fsp3) is 0.227. The number of hydrogen-bond donors (Lipinski definition) is 3. The third-order valence-corrected chi connectivity index (χ3v) is 4.48. The molecule has 7 nitrogen and oxygen atoms in total. The average molecular weight is 393 g/mol. The van der Waals surface area contributed by atoms with Gasteiger partial charge in [0.05, 0.1) is 5.69 Å². The molecule has 1 heterocycles. The van der Waals surface area contributed by atoms with Crippen molar-refractivity contribution in [1.82, 2.24) is 10.3 Å². The lowest BCUT2D eigenvalue weighted by molar-refractivity contribution is -0.139. The molecule has 3 aromatic rings. The standard InChI is InChI=1S/C22H23N3O4/c1-14(2)12-19(21(27)28)24-22(29)25(16-9-4-3-5-10-16)20(26)18-13-15-8-6-7-11-17(15)23-18/h3-11,13-14,19,23H,12H2,1-2H3,(H,24,29)(H,27,28)/t19-/m0/s1. The maximum absolute atomic E-state index is 13.2. The fourth-order valence-corrected chi connectivity index (χ4v) is 3.12. The monoisotopic (exact) mass is 393 g/mol. The average Bonchev–Trinajstić information content (AvgIpc) is 3.12. The van der Waals surface area contributed by atoms with E-state index in [4.69, 9.17) is 0 Å². The second kappa shape index (κ2) is 8.60. The topological polar surface area (TPSA) is 103 Å². The highest BCUT2D eigenvalue weighted by Crippen LogP contribution is 2.21. The number of nitrogens with zero attached hydrogens (tertiary/aromatic N) is 1. The first-order valence-corrected chi connectivity index (χ1v) is 9.37. The molecular weight excluding hydrogens is 370 g/mol. The number of para-hydroxylation sites is 2. The number of carboxylic acids is 1. The van der Waals surface area contributed by atoms with Gasteiger partial charge in [0.1, 0.15) is 11.7 Å². The normalized spacial score (nSPS) is 12.0. The molecule has 0 saturated heterocycles. The van der Waals surface area contributed by atoms with Crippen molar-refractivity contribution in [2.45, 2.75) is 26.3 Å². The Morgan fingerprint density at radius 1 is 1.03 bits per heavy atom. The van der Waals surface area contributed by atoms with E-state index < -0.39 is 23.9 Å². The van der Waals surface area contributed by atoms with E-state index in [1.165, 1.54) is 0 Å². The van der Waals surface area contributed by atoms with Crippen LogP contribution >= 0.6 is 0 Å². The lowest BCUT2D eigenvalue weighted by Crippen LogP contribution is -2.50. The number of H-pyrrole nitrogens is 1. The lowest BCUT2D eigenvalue weighted by atomic mass is 10.0. The van der Waals surface area contributed by atoms with E-state index in [2.05, 4.69) is 10.3 Å². The molecule has 0 aliphatic heterocycles. The molecule has 3 amide bonds. The third-order valence-electron chi connectivity index (χ3n) is 4.48. The largest absolute Gasteiger partial charge is 0.480 e. The number of amides is 3. The minimum Gasteiger partial charge on any atom is -0.480 e. The van der Waals surface area contributed by atoms with Gasteiger partial charge in [0.2, 0.25) is 0 Å². The van der Waals surface area contributed by atoms with Crippen molar-refractivity contribution >= 4 is 34.5 Å². The number of urea groups is 1. The predicted molar refractivity (Wildman–Crippen MR) is 111 cm³/mol. The lowest BCUT2D eigenvalue weighted by Gasteiger charge is -2.24. The van der Waals surface area contributed by atoms with E-state index in [0.717, 1.165) is 15.8 Å². The summed E-state index contributed by atoms with van der Waals surface area (Å²) in [4.78, 5) is 41.7. The van der Waals surface area contributed by atoms with E-state index in [-0.39, 0.29) is 18.0 Å². The van der Waals surface area contributed by atoms with Crippen LogP contribution in [-0.2, 0) is 4.79 Å². The molecule has 0 radical (unpaired) electrons. The van der Waals surface area contributed by atoms with Crippen LogP contribution < -0.4 is 10.2 Å². The Labute approximate surface area is 168 Å². The van der Waals surface area contributed by atoms with E-state index in [1.807, 2.05) is 38.1 Å². The van der Waals surface area contributed by atoms with Crippen molar-refractivity contribution in [1.29, 1.82) is 0 Å². The Morgan fingerprint density at radius 3 is 2.31 bits per heavy atom. The molecule has 3 N–H and O–H groups in total. The molecule has 29 heavy (non-hydrogen) atoms. The van der Waals surface area contributed by atoms with Crippen molar-refractivity contribution in [3.8, 4) is 0 Å². The summed E-state index contributed by atoms with van der Waals surface area (Å²) in [6, 6.07) is 15.6. The molecule has 3 rings (SSSR count). The number of anilines is 1. The van der Waals surface area contributed by atoms with Gasteiger partial charge in [-0.3, -0.25) is 4.79 Å². The molecule has 150 valence electrons. The number of fused-ring (bicyclic) bond motifs is 1. The zero-order chi connectivity index (χ0) is 21.0. The molecule has 1 aromatic heterocycles. The minimum absolute atomic E-state index is 0.0611. The maximum atomic E-state index is 13.2. The molecule has 0 spiro atoms. The summed E-state index contributed by atoms with van der Waals surface area (Å²) >= 11 is 0. The quantitative estimate of drug-likeness (QED) is 0.588. The number of hydrogen-bond acceptors (Lipinski definition) is 3. The first-order chi connectivity index (χ1) is 13.9. The van der Waals surface area contributed by atoms with E-state index in [0.29, 0.717) is 5.69 Å². The Kier molecular flexibility index (Phi) is 5.97. The van der Waals surface area contributed by atoms with Crippen molar-refractivity contribution in [3.05, 3.63) is 66.4 Å². The van der Waals surface area contributed by atoms with E-state index in [9.17, 15) is 19.5 Å². The van der Waals surface area contributed by atoms with Crippen LogP contribution in [0.3, 0.4) is 0 Å². The summed E-state index contributed by atoms with van der Waals surface area (Å²) in [6.07, 6.45) is 0.254. The van der Waals surface area contributed by atoms with E-state index in [1.54, 1.807) is 36.4 Å². The maximum Gasteiger partial charge on any atom is 0.329 e. The van der Waals surface area contributed by atoms with Gasteiger partial charge in [0, 0.05) is 10.9 Å². The van der Waals surface area contributed by atoms with Crippen molar-refractivity contribution in [3.63, 3.8) is 0 Å². The van der Waals surface area contributed by atoms with Gasteiger partial charge in [-0.05, 0) is 36.6 Å². The molecule has 0 aliphatic carbocycles. The summed E-state index contributed by atoms with van der Waals surface area (Å²) in [5.74, 6) is -1.65. The molecule has 0 unspecified atom stereocenters.